The third kappa shape index (κ3) is 1.41. The van der Waals surface area contributed by atoms with Gasteiger partial charge in [-0.25, -0.2) is 4.90 Å². The molecule has 2 aromatic carbocycles. The predicted molar refractivity (Wildman–Crippen MR) is 79.1 cm³/mol. The van der Waals surface area contributed by atoms with Gasteiger partial charge in [0, 0.05) is 12.7 Å². The van der Waals surface area contributed by atoms with Crippen molar-refractivity contribution in [3.8, 4) is 5.75 Å². The van der Waals surface area contributed by atoms with Crippen LogP contribution in [0.2, 0.25) is 0 Å². The minimum absolute atomic E-state index is 0.304. The van der Waals surface area contributed by atoms with Crippen molar-refractivity contribution in [3.05, 3.63) is 59.2 Å². The molecule has 0 saturated heterocycles. The summed E-state index contributed by atoms with van der Waals surface area (Å²) >= 11 is 0. The molecule has 1 atom stereocenters. The number of ketones is 1. The van der Waals surface area contributed by atoms with E-state index in [4.69, 9.17) is 9.47 Å². The normalized spacial score (nSPS) is 22.0. The number of hydrogen-bond acceptors (Lipinski definition) is 4. The fraction of sp³-hybridized carbons (Fsp3) is 0.176. The van der Waals surface area contributed by atoms with Crippen molar-refractivity contribution >= 4 is 17.4 Å². The number of anilines is 1. The van der Waals surface area contributed by atoms with E-state index in [9.17, 15) is 9.59 Å². The first-order valence-corrected chi connectivity index (χ1v) is 6.92. The van der Waals surface area contributed by atoms with Crippen LogP contribution in [-0.4, -0.2) is 24.7 Å². The zero-order chi connectivity index (χ0) is 15.5. The topological polar surface area (TPSA) is 55.8 Å². The average molecular weight is 295 g/mol. The third-order valence-electron chi connectivity index (χ3n) is 4.07. The van der Waals surface area contributed by atoms with Crippen molar-refractivity contribution < 1.29 is 19.1 Å². The lowest BCUT2D eigenvalue weighted by Crippen LogP contribution is -2.62. The Balaban J connectivity index is 2.01. The first-order chi connectivity index (χ1) is 10.6. The van der Waals surface area contributed by atoms with Crippen LogP contribution in [0, 0.1) is 6.92 Å². The molecule has 0 aromatic heterocycles. The van der Waals surface area contributed by atoms with Crippen molar-refractivity contribution in [1.29, 1.82) is 0 Å². The van der Waals surface area contributed by atoms with Crippen LogP contribution >= 0.6 is 0 Å². The lowest BCUT2D eigenvalue weighted by atomic mass is 9.95. The molecule has 5 heteroatoms. The Morgan fingerprint density at radius 2 is 1.82 bits per heavy atom. The summed E-state index contributed by atoms with van der Waals surface area (Å²) in [6, 6.07) is 12.1. The number of methoxy groups -OCH3 is 1. The maximum Gasteiger partial charge on any atom is 0.369 e. The maximum absolute atomic E-state index is 12.9. The second-order valence-electron chi connectivity index (χ2n) is 5.37. The van der Waals surface area contributed by atoms with Gasteiger partial charge in [0.15, 0.2) is 0 Å². The molecule has 22 heavy (non-hydrogen) atoms. The number of hydrogen-bond donors (Lipinski definition) is 0. The summed E-state index contributed by atoms with van der Waals surface area (Å²) < 4.78 is 11.2. The molecule has 1 unspecified atom stereocenters. The second kappa shape index (κ2) is 4.18. The molecule has 5 nitrogen and oxygen atoms in total. The van der Waals surface area contributed by atoms with Gasteiger partial charge in [-0.3, -0.25) is 9.59 Å². The van der Waals surface area contributed by atoms with Gasteiger partial charge >= 0.3 is 5.91 Å². The summed E-state index contributed by atoms with van der Waals surface area (Å²) in [6.45, 7) is 1.91. The Morgan fingerprint density at radius 1 is 1.09 bits per heavy atom. The zero-order valence-corrected chi connectivity index (χ0v) is 12.1. The van der Waals surface area contributed by atoms with Crippen LogP contribution < -0.4 is 9.64 Å². The number of benzene rings is 2. The largest absolute Gasteiger partial charge is 0.435 e. The lowest BCUT2D eigenvalue weighted by Gasteiger charge is -2.37. The van der Waals surface area contributed by atoms with Gasteiger partial charge in [0.2, 0.25) is 0 Å². The number of carbonyl (C=O) groups is 2. The molecule has 0 spiro atoms. The van der Waals surface area contributed by atoms with E-state index in [1.807, 2.05) is 19.1 Å². The van der Waals surface area contributed by atoms with Gasteiger partial charge in [-0.05, 0) is 30.7 Å². The van der Waals surface area contributed by atoms with Gasteiger partial charge in [0.1, 0.15) is 5.75 Å². The monoisotopic (exact) mass is 295 g/mol. The highest BCUT2D eigenvalue weighted by atomic mass is 16.7. The maximum atomic E-state index is 12.9. The smallest absolute Gasteiger partial charge is 0.369 e. The van der Waals surface area contributed by atoms with Crippen LogP contribution in [0.4, 0.5) is 5.69 Å². The number of carbonyl (C=O) groups excluding carboxylic acids is 2. The molecule has 0 aliphatic carbocycles. The quantitative estimate of drug-likeness (QED) is 0.811. The molecule has 4 rings (SSSR count). The number of rotatable bonds is 1. The Bertz CT molecular complexity index is 829. The predicted octanol–water partition coefficient (Wildman–Crippen LogP) is 2.53. The SMILES string of the molecule is COC12Oc3ccc(C)cc3N1C(=O)c1ccccc1C2=O. The lowest BCUT2D eigenvalue weighted by molar-refractivity contribution is -0.112. The van der Waals surface area contributed by atoms with E-state index in [0.29, 0.717) is 22.6 Å². The van der Waals surface area contributed by atoms with Crippen molar-refractivity contribution in [3.63, 3.8) is 0 Å². The third-order valence-corrected chi connectivity index (χ3v) is 4.07. The van der Waals surface area contributed by atoms with Crippen LogP contribution in [0.3, 0.4) is 0 Å². The summed E-state index contributed by atoms with van der Waals surface area (Å²) in [6.07, 6.45) is 0. The van der Waals surface area contributed by atoms with Crippen LogP contribution in [-0.2, 0) is 4.74 Å². The van der Waals surface area contributed by atoms with Crippen molar-refractivity contribution in [2.45, 2.75) is 12.8 Å². The second-order valence-corrected chi connectivity index (χ2v) is 5.37. The van der Waals surface area contributed by atoms with E-state index in [1.165, 1.54) is 12.0 Å². The highest BCUT2D eigenvalue weighted by molar-refractivity contribution is 6.24. The number of ether oxygens (including phenoxy) is 2. The molecule has 0 radical (unpaired) electrons. The van der Waals surface area contributed by atoms with E-state index in [-0.39, 0.29) is 11.7 Å². The summed E-state index contributed by atoms with van der Waals surface area (Å²) in [7, 11) is 1.37. The van der Waals surface area contributed by atoms with Gasteiger partial charge in [-0.15, -0.1) is 0 Å². The highest BCUT2D eigenvalue weighted by Crippen LogP contribution is 2.47. The molecule has 2 heterocycles. The molecule has 0 bridgehead atoms. The van der Waals surface area contributed by atoms with Gasteiger partial charge in [0.05, 0.1) is 11.3 Å². The standard InChI is InChI=1S/C17H13NO4/c1-10-7-8-14-13(9-10)18-16(20)12-6-4-3-5-11(12)15(19)17(18,21-2)22-14/h3-9H,1-2H3. The van der Waals surface area contributed by atoms with E-state index in [0.717, 1.165) is 5.56 Å². The molecule has 2 aliphatic heterocycles. The molecule has 2 aromatic rings. The van der Waals surface area contributed by atoms with Gasteiger partial charge in [-0.1, -0.05) is 24.3 Å². The molecule has 1 amide bonds. The van der Waals surface area contributed by atoms with Crippen LogP contribution in [0.15, 0.2) is 42.5 Å². The molecular formula is C17H13NO4. The minimum Gasteiger partial charge on any atom is -0.435 e. The molecule has 0 fully saturated rings. The molecule has 2 aliphatic rings. The van der Waals surface area contributed by atoms with Crippen LogP contribution in [0.25, 0.3) is 0 Å². The van der Waals surface area contributed by atoms with Gasteiger partial charge in [0.25, 0.3) is 11.7 Å². The Hall–Kier alpha value is -2.66. The van der Waals surface area contributed by atoms with Crippen molar-refractivity contribution in [2.75, 3.05) is 12.0 Å². The number of amides is 1. The summed E-state index contributed by atoms with van der Waals surface area (Å²) in [5.74, 6) is -1.97. The minimum atomic E-state index is -1.75. The zero-order valence-electron chi connectivity index (χ0n) is 12.1. The number of fused-ring (bicyclic) bond motifs is 4. The van der Waals surface area contributed by atoms with Crippen molar-refractivity contribution in [2.24, 2.45) is 0 Å². The molecule has 0 N–H and O–H groups in total. The highest BCUT2D eigenvalue weighted by Gasteiger charge is 2.60. The summed E-state index contributed by atoms with van der Waals surface area (Å²) in [5.41, 5.74) is 2.19. The number of Topliss-reactive ketones (excluding diaryl/α,β-unsaturated/α-hetero) is 1. The van der Waals surface area contributed by atoms with Crippen LogP contribution in [0.5, 0.6) is 5.75 Å². The summed E-state index contributed by atoms with van der Waals surface area (Å²) in [5, 5.41) is 0. The molecular weight excluding hydrogens is 282 g/mol. The number of nitrogens with zero attached hydrogens (tertiary/aromatic N) is 1. The van der Waals surface area contributed by atoms with E-state index in [1.54, 1.807) is 30.3 Å². The molecule has 110 valence electrons. The fourth-order valence-electron chi connectivity index (χ4n) is 3.02. The Morgan fingerprint density at radius 3 is 2.55 bits per heavy atom. The van der Waals surface area contributed by atoms with E-state index < -0.39 is 5.91 Å². The Kier molecular flexibility index (Phi) is 2.47. The van der Waals surface area contributed by atoms with Crippen molar-refractivity contribution in [1.82, 2.24) is 0 Å². The first kappa shape index (κ1) is 13.0. The molecule has 0 saturated carbocycles. The fourth-order valence-corrected chi connectivity index (χ4v) is 3.02. The number of aryl methyl sites for hydroxylation is 1. The Labute approximate surface area is 127 Å². The van der Waals surface area contributed by atoms with E-state index >= 15 is 0 Å². The average Bonchev–Trinajstić information content (AvgIpc) is 2.88. The van der Waals surface area contributed by atoms with Crippen LogP contribution in [0.1, 0.15) is 26.3 Å². The van der Waals surface area contributed by atoms with Gasteiger partial charge < -0.3 is 9.47 Å². The summed E-state index contributed by atoms with van der Waals surface area (Å²) in [4.78, 5) is 27.1. The van der Waals surface area contributed by atoms with E-state index in [2.05, 4.69) is 0 Å². The van der Waals surface area contributed by atoms with Gasteiger partial charge in [-0.2, -0.15) is 0 Å². The first-order valence-electron chi connectivity index (χ1n) is 6.92.